The smallest absolute Gasteiger partial charge is 0.238 e. The summed E-state index contributed by atoms with van der Waals surface area (Å²) in [4.78, 5) is 28.6. The van der Waals surface area contributed by atoms with Gasteiger partial charge in [-0.2, -0.15) is 9.97 Å². The molecule has 0 saturated heterocycles. The first-order valence-electron chi connectivity index (χ1n) is 15.5. The third-order valence-corrected chi connectivity index (χ3v) is 10.5. The first kappa shape index (κ1) is 40.0. The van der Waals surface area contributed by atoms with Crippen LogP contribution in [0, 0.1) is 0 Å². The van der Waals surface area contributed by atoms with E-state index in [0.717, 1.165) is 4.47 Å². The van der Waals surface area contributed by atoms with E-state index in [1.807, 2.05) is 0 Å². The molecule has 1 aliphatic rings. The summed E-state index contributed by atoms with van der Waals surface area (Å²) in [5, 5.41) is 26.1. The quantitative estimate of drug-likeness (QED) is 0.0917. The van der Waals surface area contributed by atoms with Gasteiger partial charge in [-0.05, 0) is 121 Å². The molecule has 1 saturated carbocycles. The highest BCUT2D eigenvalue weighted by atomic mass is 79.9. The Bertz CT molecular complexity index is 2050. The number of anilines is 6. The van der Waals surface area contributed by atoms with Crippen LogP contribution in [0.5, 0.6) is 0 Å². The van der Waals surface area contributed by atoms with Crippen LogP contribution >= 0.6 is 31.9 Å². The van der Waals surface area contributed by atoms with Crippen molar-refractivity contribution in [2.45, 2.75) is 74.5 Å². The predicted octanol–water partition coefficient (Wildman–Crippen LogP) is 4.59. The van der Waals surface area contributed by atoms with Gasteiger partial charge in [-0.1, -0.05) is 0 Å². The van der Waals surface area contributed by atoms with Gasteiger partial charge in [0.15, 0.2) is 5.78 Å². The SMILES string of the molecule is CC(=O)C(C)Nc1nc(Nc2ccc(S(N)(=O)=O)cc2)ncc1Br.CC(Nc1nc(Nc2ccc(S(N)(=O)=O)cc2)ncc1Br)C(C)NC1CC1. The Morgan fingerprint density at radius 1 is 0.725 bits per heavy atom. The fraction of sp³-hybridized carbons (Fsp3) is 0.323. The molecule has 2 heterocycles. The van der Waals surface area contributed by atoms with E-state index in [9.17, 15) is 21.6 Å². The lowest BCUT2D eigenvalue weighted by Gasteiger charge is -2.23. The second kappa shape index (κ2) is 17.2. The summed E-state index contributed by atoms with van der Waals surface area (Å²) in [7, 11) is -7.45. The van der Waals surface area contributed by atoms with Gasteiger partial charge >= 0.3 is 0 Å². The van der Waals surface area contributed by atoms with E-state index >= 15 is 0 Å². The number of carbonyl (C=O) groups excluding carboxylic acids is 1. The molecule has 0 aliphatic heterocycles. The number of benzene rings is 2. The first-order chi connectivity index (χ1) is 23.9. The Balaban J connectivity index is 0.000000230. The molecule has 1 fully saturated rings. The van der Waals surface area contributed by atoms with Crippen molar-refractivity contribution in [1.29, 1.82) is 0 Å². The predicted molar refractivity (Wildman–Crippen MR) is 204 cm³/mol. The van der Waals surface area contributed by atoms with E-state index < -0.39 is 26.1 Å². The average molecular weight is 870 g/mol. The molecule has 9 N–H and O–H groups in total. The van der Waals surface area contributed by atoms with Crippen molar-refractivity contribution in [2.75, 3.05) is 21.3 Å². The zero-order valence-corrected chi connectivity index (χ0v) is 32.9. The van der Waals surface area contributed by atoms with Gasteiger partial charge in [0.1, 0.15) is 11.6 Å². The molecular formula is C31H39Br2N11O5S2. The summed E-state index contributed by atoms with van der Waals surface area (Å²) in [6, 6.07) is 12.7. The molecular weight excluding hydrogens is 830 g/mol. The number of nitrogens with one attached hydrogen (secondary N) is 5. The minimum atomic E-state index is -3.73. The number of aromatic nitrogens is 4. The Morgan fingerprint density at radius 2 is 1.14 bits per heavy atom. The largest absolute Gasteiger partial charge is 0.365 e. The second-order valence-corrected chi connectivity index (χ2v) is 16.6. The number of ketones is 1. The molecule has 1 aliphatic carbocycles. The maximum Gasteiger partial charge on any atom is 0.238 e. The summed E-state index contributed by atoms with van der Waals surface area (Å²) < 4.78 is 46.5. The topological polar surface area (TPSA) is 249 Å². The third kappa shape index (κ3) is 12.4. The van der Waals surface area contributed by atoms with E-state index in [1.165, 1.54) is 44.0 Å². The van der Waals surface area contributed by atoms with E-state index in [4.69, 9.17) is 10.3 Å². The Labute approximate surface area is 313 Å². The average Bonchev–Trinajstić information content (AvgIpc) is 3.88. The lowest BCUT2D eigenvalue weighted by molar-refractivity contribution is -0.117. The second-order valence-electron chi connectivity index (χ2n) is 11.8. The summed E-state index contributed by atoms with van der Waals surface area (Å²) >= 11 is 6.79. The minimum Gasteiger partial charge on any atom is -0.365 e. The molecule has 51 heavy (non-hydrogen) atoms. The van der Waals surface area contributed by atoms with Crippen LogP contribution < -0.4 is 36.9 Å². The monoisotopic (exact) mass is 867 g/mol. The molecule has 0 bridgehead atoms. The van der Waals surface area contributed by atoms with E-state index in [0.29, 0.717) is 51.5 Å². The number of halogens is 2. The molecule has 16 nitrogen and oxygen atoms in total. The lowest BCUT2D eigenvalue weighted by Crippen LogP contribution is -2.41. The molecule has 4 aromatic rings. The first-order valence-corrected chi connectivity index (χ1v) is 20.2. The minimum absolute atomic E-state index is 0.0161. The van der Waals surface area contributed by atoms with Crippen LogP contribution in [0.2, 0.25) is 0 Å². The van der Waals surface area contributed by atoms with Gasteiger partial charge in [-0.15, -0.1) is 0 Å². The van der Waals surface area contributed by atoms with Crippen LogP contribution in [-0.4, -0.2) is 66.7 Å². The summed E-state index contributed by atoms with van der Waals surface area (Å²) in [5.74, 6) is 1.83. The molecule has 274 valence electrons. The number of nitrogens with zero attached hydrogens (tertiary/aromatic N) is 4. The highest BCUT2D eigenvalue weighted by Crippen LogP contribution is 2.26. The Hall–Kier alpha value is -3.79. The van der Waals surface area contributed by atoms with Gasteiger partial charge in [0.2, 0.25) is 31.9 Å². The van der Waals surface area contributed by atoms with Gasteiger partial charge in [0, 0.05) is 41.9 Å². The molecule has 3 unspecified atom stereocenters. The molecule has 2 aromatic carbocycles. The lowest BCUT2D eigenvalue weighted by atomic mass is 10.1. The van der Waals surface area contributed by atoms with Crippen molar-refractivity contribution < 1.29 is 21.6 Å². The van der Waals surface area contributed by atoms with Gasteiger partial charge in [-0.25, -0.2) is 37.1 Å². The van der Waals surface area contributed by atoms with Crippen LogP contribution in [0.25, 0.3) is 0 Å². The highest BCUT2D eigenvalue weighted by molar-refractivity contribution is 9.11. The number of sulfonamides is 2. The van der Waals surface area contributed by atoms with Gasteiger partial charge < -0.3 is 26.6 Å². The number of carbonyl (C=O) groups is 1. The zero-order chi connectivity index (χ0) is 37.5. The number of Topliss-reactive ketones (excluding diaryl/α,β-unsaturated/α-hetero) is 1. The molecule has 2 aromatic heterocycles. The van der Waals surface area contributed by atoms with Crippen LogP contribution in [0.15, 0.2) is 79.7 Å². The summed E-state index contributed by atoms with van der Waals surface area (Å²) in [5.41, 5.74) is 1.25. The van der Waals surface area contributed by atoms with Gasteiger partial charge in [0.25, 0.3) is 0 Å². The molecule has 3 atom stereocenters. The van der Waals surface area contributed by atoms with E-state index in [2.05, 4.69) is 92.2 Å². The van der Waals surface area contributed by atoms with Crippen molar-refractivity contribution in [3.8, 4) is 0 Å². The van der Waals surface area contributed by atoms with E-state index in [1.54, 1.807) is 43.6 Å². The number of nitrogens with two attached hydrogens (primary N) is 2. The highest BCUT2D eigenvalue weighted by Gasteiger charge is 2.25. The number of rotatable bonds is 14. The van der Waals surface area contributed by atoms with Crippen molar-refractivity contribution >= 4 is 92.6 Å². The fourth-order valence-corrected chi connectivity index (χ4v) is 5.83. The normalized spacial score (nSPS) is 14.7. The van der Waals surface area contributed by atoms with E-state index in [-0.39, 0.29) is 21.6 Å². The molecule has 20 heteroatoms. The van der Waals surface area contributed by atoms with Crippen LogP contribution in [-0.2, 0) is 24.8 Å². The fourth-order valence-electron chi connectivity index (χ4n) is 4.18. The maximum atomic E-state index is 11.4. The Kier molecular flexibility index (Phi) is 13.4. The van der Waals surface area contributed by atoms with Crippen LogP contribution in [0.4, 0.5) is 34.9 Å². The van der Waals surface area contributed by atoms with Gasteiger partial charge in [0.05, 0.1) is 24.8 Å². The van der Waals surface area contributed by atoms with Gasteiger partial charge in [-0.3, -0.25) is 4.79 Å². The van der Waals surface area contributed by atoms with Crippen molar-refractivity contribution in [3.05, 3.63) is 69.9 Å². The Morgan fingerprint density at radius 3 is 1.51 bits per heavy atom. The molecule has 5 rings (SSSR count). The third-order valence-electron chi connectivity index (χ3n) is 7.52. The van der Waals surface area contributed by atoms with Crippen molar-refractivity contribution in [1.82, 2.24) is 25.3 Å². The molecule has 0 spiro atoms. The van der Waals surface area contributed by atoms with Crippen LogP contribution in [0.1, 0.15) is 40.5 Å². The zero-order valence-electron chi connectivity index (χ0n) is 28.1. The number of hydrogen-bond acceptors (Lipinski definition) is 14. The van der Waals surface area contributed by atoms with Crippen molar-refractivity contribution in [3.63, 3.8) is 0 Å². The summed E-state index contributed by atoms with van der Waals surface area (Å²) in [6.07, 6.45) is 5.70. The number of primary sulfonamides is 2. The van der Waals surface area contributed by atoms with Crippen molar-refractivity contribution in [2.24, 2.45) is 10.3 Å². The standard InChI is InChI=1S/C17H23BrN6O2S.C14H16BrN5O3S/c1-10(21-12-3-4-12)11(2)22-16-15(18)9-20-17(24-16)23-13-5-7-14(8-6-13)27(19,25)26;1-8(9(2)21)18-13-12(15)7-17-14(20-13)19-10-3-5-11(6-4-10)24(16,22)23/h5-12,21H,3-4H2,1-2H3,(H2,19,25,26)(H2,20,22,23,24);3-8H,1-2H3,(H2,16,22,23)(H2,17,18,19,20). The number of hydrogen-bond donors (Lipinski definition) is 7. The summed E-state index contributed by atoms with van der Waals surface area (Å²) in [6.45, 7) is 7.47. The van der Waals surface area contributed by atoms with Crippen LogP contribution in [0.3, 0.4) is 0 Å². The maximum absolute atomic E-state index is 11.4. The molecule has 0 amide bonds. The molecule has 0 radical (unpaired) electrons.